The molecule has 0 amide bonds. The van der Waals surface area contributed by atoms with Crippen LogP contribution in [0.25, 0.3) is 0 Å². The third-order valence-electron chi connectivity index (χ3n) is 4.02. The predicted octanol–water partition coefficient (Wildman–Crippen LogP) is 0.239. The molecule has 1 fully saturated rings. The minimum atomic E-state index is -0.898. The molecule has 2 rings (SSSR count). The highest BCUT2D eigenvalue weighted by Gasteiger charge is 2.29. The van der Waals surface area contributed by atoms with Crippen LogP contribution in [0, 0.1) is 0 Å². The highest BCUT2D eigenvalue weighted by molar-refractivity contribution is 4.99. The first kappa shape index (κ1) is 15.4. The predicted molar refractivity (Wildman–Crippen MR) is 75.3 cm³/mol. The van der Waals surface area contributed by atoms with Crippen molar-refractivity contribution in [3.05, 3.63) is 18.2 Å². The van der Waals surface area contributed by atoms with Crippen molar-refractivity contribution in [2.75, 3.05) is 33.4 Å². The summed E-state index contributed by atoms with van der Waals surface area (Å²) < 4.78 is 7.20. The van der Waals surface area contributed by atoms with Gasteiger partial charge in [-0.1, -0.05) is 0 Å². The van der Waals surface area contributed by atoms with E-state index in [0.29, 0.717) is 19.4 Å². The van der Waals surface area contributed by atoms with Gasteiger partial charge >= 0.3 is 0 Å². The van der Waals surface area contributed by atoms with Crippen molar-refractivity contribution >= 4 is 0 Å². The van der Waals surface area contributed by atoms with Crippen molar-refractivity contribution in [3.63, 3.8) is 0 Å². The van der Waals surface area contributed by atoms with E-state index >= 15 is 0 Å². The smallest absolute Gasteiger partial charge is 0.0949 e. The number of hydrogen-bond acceptors (Lipinski definition) is 5. The number of methoxy groups -OCH3 is 1. The highest BCUT2D eigenvalue weighted by Crippen LogP contribution is 2.22. The molecule has 1 saturated heterocycles. The second-order valence-corrected chi connectivity index (χ2v) is 5.58. The van der Waals surface area contributed by atoms with Crippen molar-refractivity contribution in [1.82, 2.24) is 14.5 Å². The molecule has 0 saturated carbocycles. The van der Waals surface area contributed by atoms with Gasteiger partial charge in [-0.2, -0.15) is 0 Å². The summed E-state index contributed by atoms with van der Waals surface area (Å²) in [5.41, 5.74) is 0.266. The summed E-state index contributed by atoms with van der Waals surface area (Å²) in [6, 6.07) is 0. The van der Waals surface area contributed by atoms with Gasteiger partial charge in [0.25, 0.3) is 0 Å². The second kappa shape index (κ2) is 7.17. The number of likely N-dealkylation sites (tertiary alicyclic amines) is 1. The van der Waals surface area contributed by atoms with Gasteiger partial charge in [-0.05, 0) is 25.8 Å². The Morgan fingerprint density at radius 3 is 3.00 bits per heavy atom. The molecule has 2 heterocycles. The number of ether oxygens (including phenoxy) is 1. The van der Waals surface area contributed by atoms with E-state index in [9.17, 15) is 10.2 Å². The summed E-state index contributed by atoms with van der Waals surface area (Å²) in [6.45, 7) is 3.90. The highest BCUT2D eigenvalue weighted by atomic mass is 16.5. The average molecular weight is 283 g/mol. The largest absolute Gasteiger partial charge is 0.393 e. The summed E-state index contributed by atoms with van der Waals surface area (Å²) in [4.78, 5) is 6.51. The van der Waals surface area contributed by atoms with Gasteiger partial charge in [0.15, 0.2) is 0 Å². The standard InChI is InChI=1S/C14H25N3O3/c1-20-8-7-17-12-15-9-13(17)10-16-5-2-3-14(19,11-18)4-6-16/h9,12,18-19H,2-8,10-11H2,1H3/t14-/m1/s1. The maximum Gasteiger partial charge on any atom is 0.0949 e. The molecule has 0 radical (unpaired) electrons. The topological polar surface area (TPSA) is 70.8 Å². The monoisotopic (exact) mass is 283 g/mol. The number of rotatable bonds is 6. The minimum Gasteiger partial charge on any atom is -0.393 e. The Labute approximate surface area is 120 Å². The van der Waals surface area contributed by atoms with Crippen LogP contribution in [0.15, 0.2) is 12.5 Å². The number of hydrogen-bond donors (Lipinski definition) is 2. The number of aliphatic hydroxyl groups excluding tert-OH is 1. The fraction of sp³-hybridized carbons (Fsp3) is 0.786. The summed E-state index contributed by atoms with van der Waals surface area (Å²) >= 11 is 0. The van der Waals surface area contributed by atoms with Gasteiger partial charge in [-0.25, -0.2) is 4.98 Å². The molecule has 1 aromatic heterocycles. The zero-order valence-electron chi connectivity index (χ0n) is 12.2. The van der Waals surface area contributed by atoms with Crippen LogP contribution in [0.5, 0.6) is 0 Å². The van der Waals surface area contributed by atoms with E-state index < -0.39 is 5.60 Å². The van der Waals surface area contributed by atoms with E-state index in [1.54, 1.807) is 7.11 Å². The van der Waals surface area contributed by atoms with Crippen molar-refractivity contribution < 1.29 is 14.9 Å². The fourth-order valence-electron chi connectivity index (χ4n) is 2.65. The lowest BCUT2D eigenvalue weighted by atomic mass is 9.96. The SMILES string of the molecule is COCCn1cncc1CN1CCC[C@](O)(CO)CC1. The van der Waals surface area contributed by atoms with Crippen LogP contribution in [0.1, 0.15) is 25.0 Å². The van der Waals surface area contributed by atoms with Crippen LogP contribution in [-0.4, -0.2) is 63.7 Å². The van der Waals surface area contributed by atoms with Crippen LogP contribution >= 0.6 is 0 Å². The van der Waals surface area contributed by atoms with Gasteiger partial charge < -0.3 is 19.5 Å². The zero-order valence-corrected chi connectivity index (χ0v) is 12.2. The summed E-state index contributed by atoms with van der Waals surface area (Å²) in [7, 11) is 1.70. The molecular weight excluding hydrogens is 258 g/mol. The molecule has 0 bridgehead atoms. The third-order valence-corrected chi connectivity index (χ3v) is 4.02. The zero-order chi connectivity index (χ0) is 14.4. The Hall–Kier alpha value is -0.950. The first-order valence-electron chi connectivity index (χ1n) is 7.20. The molecule has 1 aliphatic rings. The maximum absolute atomic E-state index is 10.2. The Kier molecular flexibility index (Phi) is 5.54. The first-order chi connectivity index (χ1) is 9.67. The van der Waals surface area contributed by atoms with Gasteiger partial charge in [0, 0.05) is 32.9 Å². The molecular formula is C14H25N3O3. The molecule has 20 heavy (non-hydrogen) atoms. The van der Waals surface area contributed by atoms with E-state index in [0.717, 1.165) is 38.3 Å². The molecule has 6 heteroatoms. The van der Waals surface area contributed by atoms with Crippen molar-refractivity contribution in [2.24, 2.45) is 0 Å². The van der Waals surface area contributed by atoms with Gasteiger partial charge in [0.05, 0.1) is 30.8 Å². The second-order valence-electron chi connectivity index (χ2n) is 5.58. The molecule has 6 nitrogen and oxygen atoms in total. The molecule has 0 aromatic carbocycles. The molecule has 0 unspecified atom stereocenters. The number of aromatic nitrogens is 2. The van der Waals surface area contributed by atoms with Crippen LogP contribution < -0.4 is 0 Å². The van der Waals surface area contributed by atoms with Crippen LogP contribution in [0.2, 0.25) is 0 Å². The van der Waals surface area contributed by atoms with Gasteiger partial charge in [0.2, 0.25) is 0 Å². The van der Waals surface area contributed by atoms with E-state index in [2.05, 4.69) is 14.5 Å². The molecule has 1 aliphatic heterocycles. The molecule has 114 valence electrons. The first-order valence-corrected chi connectivity index (χ1v) is 7.20. The van der Waals surface area contributed by atoms with Gasteiger partial charge in [-0.15, -0.1) is 0 Å². The van der Waals surface area contributed by atoms with E-state index in [-0.39, 0.29) is 6.61 Å². The Bertz CT molecular complexity index is 410. The minimum absolute atomic E-state index is 0.146. The van der Waals surface area contributed by atoms with Crippen molar-refractivity contribution in [1.29, 1.82) is 0 Å². The van der Waals surface area contributed by atoms with Gasteiger partial charge in [-0.3, -0.25) is 4.90 Å². The maximum atomic E-state index is 10.2. The lowest BCUT2D eigenvalue weighted by molar-refractivity contribution is -0.0255. The Balaban J connectivity index is 1.92. The summed E-state index contributed by atoms with van der Waals surface area (Å²) in [6.07, 6.45) is 5.91. The van der Waals surface area contributed by atoms with Crippen LogP contribution in [0.4, 0.5) is 0 Å². The number of imidazole rings is 1. The number of nitrogens with zero attached hydrogens (tertiary/aromatic N) is 3. The molecule has 0 aliphatic carbocycles. The molecule has 2 N–H and O–H groups in total. The van der Waals surface area contributed by atoms with Crippen LogP contribution in [-0.2, 0) is 17.8 Å². The molecule has 1 aromatic rings. The lowest BCUT2D eigenvalue weighted by Crippen LogP contribution is -2.34. The molecule has 0 spiro atoms. The number of aliphatic hydroxyl groups is 2. The lowest BCUT2D eigenvalue weighted by Gasteiger charge is -2.24. The summed E-state index contributed by atoms with van der Waals surface area (Å²) in [5.74, 6) is 0. The Morgan fingerprint density at radius 2 is 2.25 bits per heavy atom. The van der Waals surface area contributed by atoms with E-state index in [1.807, 2.05) is 12.5 Å². The Morgan fingerprint density at radius 1 is 1.40 bits per heavy atom. The normalized spacial score (nSPS) is 24.8. The van der Waals surface area contributed by atoms with E-state index in [4.69, 9.17) is 4.74 Å². The van der Waals surface area contributed by atoms with Crippen molar-refractivity contribution in [3.8, 4) is 0 Å². The van der Waals surface area contributed by atoms with Crippen molar-refractivity contribution in [2.45, 2.75) is 38.0 Å². The quantitative estimate of drug-likeness (QED) is 0.782. The summed E-state index contributed by atoms with van der Waals surface area (Å²) in [5, 5.41) is 19.4. The average Bonchev–Trinajstić information content (AvgIpc) is 2.80. The molecule has 1 atom stereocenters. The van der Waals surface area contributed by atoms with Gasteiger partial charge in [0.1, 0.15) is 0 Å². The fourth-order valence-corrected chi connectivity index (χ4v) is 2.65. The van der Waals surface area contributed by atoms with Crippen LogP contribution in [0.3, 0.4) is 0 Å². The van der Waals surface area contributed by atoms with E-state index in [1.165, 1.54) is 0 Å². The third kappa shape index (κ3) is 4.02.